The molecule has 0 fully saturated rings. The topological polar surface area (TPSA) is 52.6 Å². The molecule has 0 N–H and O–H groups in total. The Morgan fingerprint density at radius 1 is 0.917 bits per heavy atom. The van der Waals surface area contributed by atoms with Crippen molar-refractivity contribution in [2.24, 2.45) is 0 Å². The summed E-state index contributed by atoms with van der Waals surface area (Å²) in [4.78, 5) is 20.9. The van der Waals surface area contributed by atoms with Crippen molar-refractivity contribution in [3.63, 3.8) is 0 Å². The van der Waals surface area contributed by atoms with Crippen LogP contribution in [0.1, 0.15) is 25.7 Å². The van der Waals surface area contributed by atoms with Gasteiger partial charge in [-0.2, -0.15) is 0 Å². The summed E-state index contributed by atoms with van der Waals surface area (Å²) in [7, 11) is 0. The van der Waals surface area contributed by atoms with E-state index in [1.165, 1.54) is 0 Å². The van der Waals surface area contributed by atoms with Gasteiger partial charge >= 0.3 is 11.9 Å². The normalized spacial score (nSPS) is 9.17. The summed E-state index contributed by atoms with van der Waals surface area (Å²) in [5, 5.41) is 0. The molecule has 0 radical (unpaired) electrons. The molecular formula is C6H8Cl2O4. The molecule has 0 bridgehead atoms. The third-order valence-electron chi connectivity index (χ3n) is 1.18. The largest absolute Gasteiger partial charge is 0.348 e. The molecule has 0 aromatic carbocycles. The first kappa shape index (κ1) is 11.5. The maximum Gasteiger partial charge on any atom is 0.324 e. The van der Waals surface area contributed by atoms with Gasteiger partial charge in [0.1, 0.15) is 23.7 Å². The summed E-state index contributed by atoms with van der Waals surface area (Å²) in [6, 6.07) is 0. The van der Waals surface area contributed by atoms with Crippen LogP contribution in [0, 0.1) is 0 Å². The predicted octanol–water partition coefficient (Wildman–Crippen LogP) is 1.94. The number of halogens is 2. The van der Waals surface area contributed by atoms with Crippen LogP contribution in [0.2, 0.25) is 0 Å². The summed E-state index contributed by atoms with van der Waals surface area (Å²) in [6.45, 7) is 0. The lowest BCUT2D eigenvalue weighted by Gasteiger charge is -1.95. The molecule has 70 valence electrons. The second-order valence-corrected chi connectivity index (χ2v) is 2.41. The molecular weight excluding hydrogens is 207 g/mol. The first-order valence-corrected chi connectivity index (χ1v) is 3.95. The zero-order valence-corrected chi connectivity index (χ0v) is 7.73. The van der Waals surface area contributed by atoms with E-state index < -0.39 is 11.9 Å². The van der Waals surface area contributed by atoms with Crippen molar-refractivity contribution in [3.8, 4) is 0 Å². The number of unbranched alkanes of at least 4 members (excludes halogenated alkanes) is 1. The quantitative estimate of drug-likeness (QED) is 0.657. The number of rotatable bonds is 5. The molecule has 0 aliphatic heterocycles. The first-order valence-electron chi connectivity index (χ1n) is 3.33. The molecule has 0 rings (SSSR count). The Balaban J connectivity index is 3.21. The Labute approximate surface area is 80.1 Å². The van der Waals surface area contributed by atoms with Gasteiger partial charge in [-0.25, -0.2) is 0 Å². The molecule has 0 amide bonds. The van der Waals surface area contributed by atoms with Crippen LogP contribution in [-0.4, -0.2) is 11.9 Å². The maximum absolute atomic E-state index is 10.4. The van der Waals surface area contributed by atoms with Crippen LogP contribution >= 0.6 is 23.7 Å². The fraction of sp³-hybridized carbons (Fsp3) is 0.667. The number of hydrogen-bond donors (Lipinski definition) is 0. The molecule has 0 heterocycles. The molecule has 4 nitrogen and oxygen atoms in total. The standard InChI is InChI=1S/C6H8Cl2O4/c7-11-5(9)3-1-2-4-6(10)12-8/h1-4H2. The lowest BCUT2D eigenvalue weighted by Crippen LogP contribution is -1.99. The Bertz CT molecular complexity index is 142. The first-order chi connectivity index (χ1) is 5.70. The van der Waals surface area contributed by atoms with Crippen LogP contribution in [0.4, 0.5) is 0 Å². The van der Waals surface area contributed by atoms with Gasteiger partial charge in [0.25, 0.3) is 0 Å². The summed E-state index contributed by atoms with van der Waals surface area (Å²) < 4.78 is 7.75. The minimum atomic E-state index is -0.504. The van der Waals surface area contributed by atoms with Crippen molar-refractivity contribution in [2.75, 3.05) is 0 Å². The van der Waals surface area contributed by atoms with Crippen molar-refractivity contribution >= 4 is 35.7 Å². The SMILES string of the molecule is O=C(CCCCC(=O)OCl)OCl. The second-order valence-electron chi connectivity index (χ2n) is 2.11. The van der Waals surface area contributed by atoms with E-state index in [-0.39, 0.29) is 12.8 Å². The smallest absolute Gasteiger partial charge is 0.324 e. The molecule has 0 spiro atoms. The average Bonchev–Trinajstić information content (AvgIpc) is 2.11. The zero-order valence-electron chi connectivity index (χ0n) is 6.22. The van der Waals surface area contributed by atoms with E-state index in [0.29, 0.717) is 12.8 Å². The molecule has 0 aromatic rings. The molecule has 6 heteroatoms. The minimum absolute atomic E-state index is 0.194. The van der Waals surface area contributed by atoms with Gasteiger partial charge in [-0.3, -0.25) is 9.59 Å². The Morgan fingerprint density at radius 2 is 1.25 bits per heavy atom. The van der Waals surface area contributed by atoms with E-state index in [2.05, 4.69) is 8.58 Å². The molecule has 0 saturated heterocycles. The molecule has 0 aliphatic rings. The minimum Gasteiger partial charge on any atom is -0.348 e. The molecule has 12 heavy (non-hydrogen) atoms. The maximum atomic E-state index is 10.4. The number of carbonyl (C=O) groups is 2. The van der Waals surface area contributed by atoms with Crippen LogP contribution in [0.25, 0.3) is 0 Å². The van der Waals surface area contributed by atoms with Gasteiger partial charge in [0.05, 0.1) is 0 Å². The molecule has 0 saturated carbocycles. The summed E-state index contributed by atoms with van der Waals surface area (Å²) in [5.41, 5.74) is 0. The van der Waals surface area contributed by atoms with Crippen molar-refractivity contribution in [1.82, 2.24) is 0 Å². The lowest BCUT2D eigenvalue weighted by molar-refractivity contribution is -0.136. The lowest BCUT2D eigenvalue weighted by atomic mass is 10.2. The highest BCUT2D eigenvalue weighted by Crippen LogP contribution is 2.03. The van der Waals surface area contributed by atoms with Gasteiger partial charge in [-0.1, -0.05) is 0 Å². The van der Waals surface area contributed by atoms with Gasteiger partial charge in [-0.15, -0.1) is 0 Å². The van der Waals surface area contributed by atoms with E-state index in [4.69, 9.17) is 23.7 Å². The van der Waals surface area contributed by atoms with E-state index in [9.17, 15) is 9.59 Å². The summed E-state index contributed by atoms with van der Waals surface area (Å²) in [5.74, 6) is -1.01. The van der Waals surface area contributed by atoms with Crippen LogP contribution in [0.15, 0.2) is 0 Å². The Morgan fingerprint density at radius 3 is 1.50 bits per heavy atom. The van der Waals surface area contributed by atoms with E-state index >= 15 is 0 Å². The van der Waals surface area contributed by atoms with Gasteiger partial charge in [0.15, 0.2) is 0 Å². The van der Waals surface area contributed by atoms with E-state index in [0.717, 1.165) is 0 Å². The highest BCUT2D eigenvalue weighted by Gasteiger charge is 2.04. The van der Waals surface area contributed by atoms with E-state index in [1.54, 1.807) is 0 Å². The number of carbonyl (C=O) groups excluding carboxylic acids is 2. The fourth-order valence-corrected chi connectivity index (χ4v) is 0.770. The van der Waals surface area contributed by atoms with Crippen molar-refractivity contribution in [2.45, 2.75) is 25.7 Å². The predicted molar refractivity (Wildman–Crippen MR) is 42.4 cm³/mol. The summed E-state index contributed by atoms with van der Waals surface area (Å²) in [6.07, 6.45) is 1.44. The van der Waals surface area contributed by atoms with Crippen molar-refractivity contribution < 1.29 is 18.2 Å². The molecule has 0 atom stereocenters. The Kier molecular flexibility index (Phi) is 6.90. The molecule has 0 aliphatic carbocycles. The Hall–Kier alpha value is -0.480. The van der Waals surface area contributed by atoms with Crippen molar-refractivity contribution in [1.29, 1.82) is 0 Å². The van der Waals surface area contributed by atoms with Crippen LogP contribution in [0.5, 0.6) is 0 Å². The van der Waals surface area contributed by atoms with Crippen LogP contribution < -0.4 is 0 Å². The van der Waals surface area contributed by atoms with Crippen LogP contribution in [-0.2, 0) is 18.2 Å². The van der Waals surface area contributed by atoms with Crippen molar-refractivity contribution in [3.05, 3.63) is 0 Å². The zero-order chi connectivity index (χ0) is 9.40. The summed E-state index contributed by atoms with van der Waals surface area (Å²) >= 11 is 9.52. The van der Waals surface area contributed by atoms with Gasteiger partial charge < -0.3 is 8.58 Å². The highest BCUT2D eigenvalue weighted by atomic mass is 35.5. The molecule has 0 unspecified atom stereocenters. The average molecular weight is 215 g/mol. The second kappa shape index (κ2) is 7.18. The monoisotopic (exact) mass is 214 g/mol. The van der Waals surface area contributed by atoms with Gasteiger partial charge in [0, 0.05) is 12.8 Å². The van der Waals surface area contributed by atoms with Gasteiger partial charge in [0.2, 0.25) is 0 Å². The third kappa shape index (κ3) is 6.24. The third-order valence-corrected chi connectivity index (χ3v) is 1.53. The van der Waals surface area contributed by atoms with E-state index in [1.807, 2.05) is 0 Å². The van der Waals surface area contributed by atoms with Gasteiger partial charge in [-0.05, 0) is 12.8 Å². The highest BCUT2D eigenvalue weighted by molar-refractivity contribution is 6.13. The van der Waals surface area contributed by atoms with Crippen LogP contribution in [0.3, 0.4) is 0 Å². The number of hydrogen-bond acceptors (Lipinski definition) is 4. The molecule has 0 aromatic heterocycles. The fourth-order valence-electron chi connectivity index (χ4n) is 0.616.